The Morgan fingerprint density at radius 1 is 1.09 bits per heavy atom. The molecule has 2 aliphatic rings. The molecule has 2 saturated heterocycles. The summed E-state index contributed by atoms with van der Waals surface area (Å²) in [5.74, 6) is -0.0408. The number of amides is 3. The monoisotopic (exact) mass is 499 g/mol. The van der Waals surface area contributed by atoms with Gasteiger partial charge in [-0.05, 0) is 54.2 Å². The first-order valence-corrected chi connectivity index (χ1v) is 11.4. The molecule has 0 radical (unpaired) electrons. The molecule has 2 N–H and O–H groups in total. The smallest absolute Gasteiger partial charge is 0.263 e. The Bertz CT molecular complexity index is 1150. The third-order valence-electron chi connectivity index (χ3n) is 5.56. The molecule has 3 amide bonds. The van der Waals surface area contributed by atoms with Crippen molar-refractivity contribution in [2.75, 3.05) is 20.2 Å². The molecule has 2 heterocycles. The van der Waals surface area contributed by atoms with Gasteiger partial charge in [0.15, 0.2) is 5.11 Å². The molecule has 0 atom stereocenters. The molecule has 0 spiro atoms. The lowest BCUT2D eigenvalue weighted by atomic mass is 10.1. The van der Waals surface area contributed by atoms with Crippen LogP contribution >= 0.6 is 23.8 Å². The van der Waals surface area contributed by atoms with Crippen molar-refractivity contribution in [1.29, 1.82) is 0 Å². The summed E-state index contributed by atoms with van der Waals surface area (Å²) in [5, 5.41) is 5.31. The zero-order valence-corrected chi connectivity index (χ0v) is 19.9. The quantitative estimate of drug-likeness (QED) is 0.373. The minimum absolute atomic E-state index is 0.00375. The third kappa shape index (κ3) is 5.37. The first-order valence-electron chi connectivity index (χ1n) is 10.6. The number of carbonyl (C=O) groups is 3. The molecule has 2 aromatic carbocycles. The molecule has 0 saturated carbocycles. The number of hydrogen-bond acceptors (Lipinski definition) is 6. The average molecular weight is 500 g/mol. The van der Waals surface area contributed by atoms with Crippen LogP contribution in [-0.4, -0.2) is 54.0 Å². The second-order valence-corrected chi connectivity index (χ2v) is 8.66. The first-order chi connectivity index (χ1) is 16.3. The standard InChI is InChI=1S/C24H22ClN3O5S/c1-32-20-13-15(25)4-7-18(20)23(31)28-10-8-17(9-11-28)33-16-5-2-14(3-6-16)12-19-21(29)26-24(34)27-22(19)30/h2-7,12-13,17H,8-11H2,1H3,(H2,26,27,29,30,34). The second-order valence-electron chi connectivity index (χ2n) is 7.82. The maximum Gasteiger partial charge on any atom is 0.263 e. The maximum atomic E-state index is 12.9. The van der Waals surface area contributed by atoms with Crippen molar-refractivity contribution in [2.45, 2.75) is 18.9 Å². The van der Waals surface area contributed by atoms with Crippen molar-refractivity contribution >= 4 is 52.7 Å². The number of carbonyl (C=O) groups excluding carboxylic acids is 3. The van der Waals surface area contributed by atoms with Gasteiger partial charge in [-0.1, -0.05) is 23.7 Å². The van der Waals surface area contributed by atoms with Crippen LogP contribution in [0.3, 0.4) is 0 Å². The topological polar surface area (TPSA) is 97.0 Å². The summed E-state index contributed by atoms with van der Waals surface area (Å²) in [6.07, 6.45) is 2.84. The SMILES string of the molecule is COc1cc(Cl)ccc1C(=O)N1CCC(Oc2ccc(C=C3C(=O)NC(=S)NC3=O)cc2)CC1. The summed E-state index contributed by atoms with van der Waals surface area (Å²) in [4.78, 5) is 38.6. The molecule has 176 valence electrons. The fraction of sp³-hybridized carbons (Fsp3) is 0.250. The molecular formula is C24H22ClN3O5S. The number of hydrogen-bond donors (Lipinski definition) is 2. The van der Waals surface area contributed by atoms with Gasteiger partial charge in [-0.2, -0.15) is 0 Å². The van der Waals surface area contributed by atoms with E-state index in [9.17, 15) is 14.4 Å². The molecule has 10 heteroatoms. The summed E-state index contributed by atoms with van der Waals surface area (Å²) in [6, 6.07) is 12.1. The summed E-state index contributed by atoms with van der Waals surface area (Å²) in [5.41, 5.74) is 1.15. The molecule has 0 unspecified atom stereocenters. The van der Waals surface area contributed by atoms with Crippen molar-refractivity contribution in [3.63, 3.8) is 0 Å². The minimum Gasteiger partial charge on any atom is -0.496 e. The third-order valence-corrected chi connectivity index (χ3v) is 6.00. The van der Waals surface area contributed by atoms with Gasteiger partial charge < -0.3 is 14.4 Å². The summed E-state index contributed by atoms with van der Waals surface area (Å²) in [7, 11) is 1.51. The summed E-state index contributed by atoms with van der Waals surface area (Å²) in [6.45, 7) is 1.12. The number of thiocarbonyl (C=S) groups is 1. The number of piperidine rings is 1. The first kappa shape index (κ1) is 23.7. The van der Waals surface area contributed by atoms with Gasteiger partial charge in [-0.25, -0.2) is 0 Å². The molecular weight excluding hydrogens is 478 g/mol. The number of benzene rings is 2. The number of halogens is 1. The predicted octanol–water partition coefficient (Wildman–Crippen LogP) is 2.95. The van der Waals surface area contributed by atoms with Crippen LogP contribution in [0.5, 0.6) is 11.5 Å². The van der Waals surface area contributed by atoms with Crippen molar-refractivity contribution in [3.05, 3.63) is 64.2 Å². The Labute approximate surface area is 206 Å². The Morgan fingerprint density at radius 3 is 2.35 bits per heavy atom. The Morgan fingerprint density at radius 2 is 1.74 bits per heavy atom. The predicted molar refractivity (Wildman–Crippen MR) is 131 cm³/mol. The van der Waals surface area contributed by atoms with Crippen LogP contribution in [0.1, 0.15) is 28.8 Å². The van der Waals surface area contributed by atoms with E-state index in [0.717, 1.165) is 0 Å². The highest BCUT2D eigenvalue weighted by Gasteiger charge is 2.27. The normalized spacial score (nSPS) is 16.6. The van der Waals surface area contributed by atoms with Crippen molar-refractivity contribution < 1.29 is 23.9 Å². The van der Waals surface area contributed by atoms with E-state index in [1.807, 2.05) is 0 Å². The number of nitrogens with one attached hydrogen (secondary N) is 2. The summed E-state index contributed by atoms with van der Waals surface area (Å²) < 4.78 is 11.4. The Hall–Kier alpha value is -3.43. The van der Waals surface area contributed by atoms with E-state index in [1.54, 1.807) is 47.4 Å². The van der Waals surface area contributed by atoms with E-state index in [1.165, 1.54) is 13.2 Å². The molecule has 0 bridgehead atoms. The molecule has 2 aromatic rings. The fourth-order valence-electron chi connectivity index (χ4n) is 3.80. The number of nitrogens with zero attached hydrogens (tertiary/aromatic N) is 1. The Balaban J connectivity index is 1.34. The molecule has 2 aliphatic heterocycles. The lowest BCUT2D eigenvalue weighted by molar-refractivity contribution is -0.123. The zero-order chi connectivity index (χ0) is 24.2. The van der Waals surface area contributed by atoms with Crippen molar-refractivity contribution in [2.24, 2.45) is 0 Å². The molecule has 0 aliphatic carbocycles. The van der Waals surface area contributed by atoms with Gasteiger partial charge >= 0.3 is 0 Å². The highest BCUT2D eigenvalue weighted by Crippen LogP contribution is 2.27. The van der Waals surface area contributed by atoms with Gasteiger partial charge in [0, 0.05) is 31.0 Å². The lowest BCUT2D eigenvalue weighted by Crippen LogP contribution is -2.51. The lowest BCUT2D eigenvalue weighted by Gasteiger charge is -2.32. The van der Waals surface area contributed by atoms with E-state index in [4.69, 9.17) is 33.3 Å². The van der Waals surface area contributed by atoms with Crippen molar-refractivity contribution in [3.8, 4) is 11.5 Å². The fourth-order valence-corrected chi connectivity index (χ4v) is 4.14. The van der Waals surface area contributed by atoms with Crippen LogP contribution in [0.15, 0.2) is 48.0 Å². The van der Waals surface area contributed by atoms with E-state index >= 15 is 0 Å². The maximum absolute atomic E-state index is 12.9. The van der Waals surface area contributed by atoms with Crippen LogP contribution in [0, 0.1) is 0 Å². The molecule has 0 aromatic heterocycles. The van der Waals surface area contributed by atoms with E-state index < -0.39 is 11.8 Å². The van der Waals surface area contributed by atoms with Crippen LogP contribution < -0.4 is 20.1 Å². The second kappa shape index (κ2) is 10.2. The van der Waals surface area contributed by atoms with Crippen LogP contribution in [0.2, 0.25) is 5.02 Å². The number of ether oxygens (including phenoxy) is 2. The average Bonchev–Trinajstić information content (AvgIpc) is 2.82. The minimum atomic E-state index is -0.536. The number of rotatable bonds is 5. The van der Waals surface area contributed by atoms with E-state index in [0.29, 0.717) is 53.6 Å². The van der Waals surface area contributed by atoms with Gasteiger partial charge in [0.1, 0.15) is 23.2 Å². The van der Waals surface area contributed by atoms with Gasteiger partial charge in [-0.3, -0.25) is 25.0 Å². The zero-order valence-electron chi connectivity index (χ0n) is 18.3. The Kier molecular flexibility index (Phi) is 7.14. The highest BCUT2D eigenvalue weighted by atomic mass is 35.5. The van der Waals surface area contributed by atoms with Crippen LogP contribution in [0.25, 0.3) is 6.08 Å². The molecule has 2 fully saturated rings. The molecule has 8 nitrogen and oxygen atoms in total. The number of likely N-dealkylation sites (tertiary alicyclic amines) is 1. The summed E-state index contributed by atoms with van der Waals surface area (Å²) >= 11 is 10.8. The van der Waals surface area contributed by atoms with E-state index in [2.05, 4.69) is 10.6 Å². The van der Waals surface area contributed by atoms with Gasteiger partial charge in [-0.15, -0.1) is 0 Å². The highest BCUT2D eigenvalue weighted by molar-refractivity contribution is 7.80. The van der Waals surface area contributed by atoms with Crippen LogP contribution in [0.4, 0.5) is 0 Å². The largest absolute Gasteiger partial charge is 0.496 e. The van der Waals surface area contributed by atoms with E-state index in [-0.39, 0.29) is 22.7 Å². The van der Waals surface area contributed by atoms with Crippen LogP contribution in [-0.2, 0) is 9.59 Å². The van der Waals surface area contributed by atoms with Gasteiger partial charge in [0.05, 0.1) is 12.7 Å². The van der Waals surface area contributed by atoms with Gasteiger partial charge in [0.25, 0.3) is 17.7 Å². The number of methoxy groups -OCH3 is 1. The van der Waals surface area contributed by atoms with Gasteiger partial charge in [0.2, 0.25) is 0 Å². The van der Waals surface area contributed by atoms with Crippen molar-refractivity contribution in [1.82, 2.24) is 15.5 Å². The molecule has 34 heavy (non-hydrogen) atoms. The molecule has 4 rings (SSSR count).